The summed E-state index contributed by atoms with van der Waals surface area (Å²) < 4.78 is 25.4. The molecule has 2 aromatic carbocycles. The van der Waals surface area contributed by atoms with Crippen LogP contribution in [0, 0.1) is 11.7 Å². The summed E-state index contributed by atoms with van der Waals surface area (Å²) >= 11 is 0. The van der Waals surface area contributed by atoms with E-state index in [0.717, 1.165) is 17.7 Å². The van der Waals surface area contributed by atoms with Crippen LogP contribution in [-0.2, 0) is 16.1 Å². The third-order valence-corrected chi connectivity index (χ3v) is 5.76. The van der Waals surface area contributed by atoms with Gasteiger partial charge in [-0.2, -0.15) is 0 Å². The van der Waals surface area contributed by atoms with Crippen molar-refractivity contribution in [2.45, 2.75) is 45.8 Å². The van der Waals surface area contributed by atoms with Gasteiger partial charge in [-0.05, 0) is 61.9 Å². The van der Waals surface area contributed by atoms with Crippen LogP contribution in [0.25, 0.3) is 0 Å². The van der Waals surface area contributed by atoms with Crippen LogP contribution >= 0.6 is 0 Å². The van der Waals surface area contributed by atoms with Gasteiger partial charge in [0.15, 0.2) is 5.88 Å². The van der Waals surface area contributed by atoms with E-state index in [9.17, 15) is 4.39 Å². The van der Waals surface area contributed by atoms with E-state index in [1.807, 2.05) is 50.4 Å². The third kappa shape index (κ3) is 8.68. The molecule has 0 aromatic heterocycles. The predicted molar refractivity (Wildman–Crippen MR) is 140 cm³/mol. The smallest absolute Gasteiger partial charge is 0.185 e. The number of methoxy groups -OCH3 is 1. The number of benzene rings is 2. The first-order valence-corrected chi connectivity index (χ1v) is 11.8. The number of halogens is 1. The second-order valence-corrected chi connectivity index (χ2v) is 8.82. The van der Waals surface area contributed by atoms with Crippen LogP contribution in [0.1, 0.15) is 50.3 Å². The lowest BCUT2D eigenvalue weighted by Crippen LogP contribution is -2.09. The quantitative estimate of drug-likeness (QED) is 0.301. The number of aliphatic imine (C=N–C) groups is 2. The van der Waals surface area contributed by atoms with Crippen molar-refractivity contribution in [2.75, 3.05) is 13.7 Å². The lowest BCUT2D eigenvalue weighted by molar-refractivity contribution is 0.0527. The third-order valence-electron chi connectivity index (χ3n) is 5.76. The van der Waals surface area contributed by atoms with E-state index in [0.29, 0.717) is 41.6 Å². The van der Waals surface area contributed by atoms with Crippen molar-refractivity contribution in [1.82, 2.24) is 0 Å². The highest BCUT2D eigenvalue weighted by Crippen LogP contribution is 2.31. The van der Waals surface area contributed by atoms with Crippen LogP contribution in [-0.4, -0.2) is 25.6 Å². The molecule has 0 spiro atoms. The SMILES string of the molecule is COC(N)=CC(CC(C=NCC1CC1)=C(C)N)=Nc1ccc(F)cc1[C@@H](C)OCc1ccccc1. The molecule has 186 valence electrons. The van der Waals surface area contributed by atoms with Gasteiger partial charge in [0, 0.05) is 36.5 Å². The molecule has 1 atom stereocenters. The van der Waals surface area contributed by atoms with E-state index in [1.54, 1.807) is 12.1 Å². The Morgan fingerprint density at radius 2 is 1.91 bits per heavy atom. The molecular weight excluding hydrogens is 443 g/mol. The summed E-state index contributed by atoms with van der Waals surface area (Å²) in [5, 5.41) is 0. The molecular formula is C28H35FN4O2. The van der Waals surface area contributed by atoms with Crippen molar-refractivity contribution in [1.29, 1.82) is 0 Å². The van der Waals surface area contributed by atoms with Crippen molar-refractivity contribution in [2.24, 2.45) is 27.4 Å². The summed E-state index contributed by atoms with van der Waals surface area (Å²) in [5.41, 5.74) is 16.5. The van der Waals surface area contributed by atoms with Gasteiger partial charge in [-0.25, -0.2) is 4.39 Å². The Labute approximate surface area is 207 Å². The summed E-state index contributed by atoms with van der Waals surface area (Å²) in [7, 11) is 1.49. The minimum absolute atomic E-state index is 0.213. The maximum absolute atomic E-state index is 14.2. The van der Waals surface area contributed by atoms with E-state index in [2.05, 4.69) is 4.99 Å². The van der Waals surface area contributed by atoms with Crippen LogP contribution < -0.4 is 11.5 Å². The van der Waals surface area contributed by atoms with Gasteiger partial charge >= 0.3 is 0 Å². The van der Waals surface area contributed by atoms with Gasteiger partial charge in [-0.15, -0.1) is 0 Å². The van der Waals surface area contributed by atoms with Gasteiger partial charge in [0.25, 0.3) is 0 Å². The maximum Gasteiger partial charge on any atom is 0.185 e. The minimum Gasteiger partial charge on any atom is -0.483 e. The van der Waals surface area contributed by atoms with Crippen molar-refractivity contribution in [3.63, 3.8) is 0 Å². The molecule has 4 N–H and O–H groups in total. The first kappa shape index (κ1) is 26.2. The number of allylic oxidation sites excluding steroid dienone is 3. The topological polar surface area (TPSA) is 95.2 Å². The normalized spacial score (nSPS) is 16.3. The fourth-order valence-electron chi connectivity index (χ4n) is 3.43. The maximum atomic E-state index is 14.2. The molecule has 1 aliphatic carbocycles. The van der Waals surface area contributed by atoms with Gasteiger partial charge in [0.1, 0.15) is 5.82 Å². The standard InChI is InChI=1S/C28H35FN4O2/c1-19(30)23(17-32-16-21-9-10-21)13-25(15-28(31)34-3)33-27-12-11-24(29)14-26(27)20(2)35-18-22-7-5-4-6-8-22/h4-8,11-12,14-15,17,20-21H,9-10,13,16,18,30-31H2,1-3H3/t20-/m1/s1. The number of nitrogens with two attached hydrogens (primary N) is 2. The zero-order chi connectivity index (χ0) is 25.2. The molecule has 0 saturated heterocycles. The average Bonchev–Trinajstić information content (AvgIpc) is 3.67. The van der Waals surface area contributed by atoms with Crippen molar-refractivity contribution in [3.8, 4) is 0 Å². The highest BCUT2D eigenvalue weighted by molar-refractivity contribution is 6.02. The van der Waals surface area contributed by atoms with Crippen LogP contribution in [0.15, 0.2) is 81.7 Å². The Balaban J connectivity index is 1.88. The number of nitrogens with zero attached hydrogens (tertiary/aromatic N) is 2. The molecule has 1 fully saturated rings. The Morgan fingerprint density at radius 1 is 1.17 bits per heavy atom. The molecule has 6 nitrogen and oxygen atoms in total. The second-order valence-electron chi connectivity index (χ2n) is 8.82. The highest BCUT2D eigenvalue weighted by atomic mass is 19.1. The number of ether oxygens (including phenoxy) is 2. The van der Waals surface area contributed by atoms with E-state index < -0.39 is 0 Å². The predicted octanol–water partition coefficient (Wildman–Crippen LogP) is 5.73. The molecule has 3 rings (SSSR count). The lowest BCUT2D eigenvalue weighted by Gasteiger charge is -2.17. The Hall–Kier alpha value is -3.45. The van der Waals surface area contributed by atoms with Gasteiger partial charge in [-0.3, -0.25) is 9.98 Å². The van der Waals surface area contributed by atoms with E-state index in [-0.39, 0.29) is 17.8 Å². The highest BCUT2D eigenvalue weighted by Gasteiger charge is 2.20. The number of rotatable bonds is 12. The molecule has 0 unspecified atom stereocenters. The van der Waals surface area contributed by atoms with Crippen LogP contribution in [0.2, 0.25) is 0 Å². The molecule has 7 heteroatoms. The van der Waals surface area contributed by atoms with E-state index >= 15 is 0 Å². The Kier molecular flexibility index (Phi) is 9.61. The molecule has 1 aliphatic rings. The molecule has 0 bridgehead atoms. The van der Waals surface area contributed by atoms with E-state index in [4.69, 9.17) is 25.9 Å². The molecule has 0 radical (unpaired) electrons. The largest absolute Gasteiger partial charge is 0.483 e. The number of hydrogen-bond donors (Lipinski definition) is 2. The fourth-order valence-corrected chi connectivity index (χ4v) is 3.43. The van der Waals surface area contributed by atoms with Crippen LogP contribution in [0.3, 0.4) is 0 Å². The number of hydrogen-bond acceptors (Lipinski definition) is 6. The molecule has 0 heterocycles. The summed E-state index contributed by atoms with van der Waals surface area (Å²) in [6, 6.07) is 14.3. The van der Waals surface area contributed by atoms with Gasteiger partial charge in [0.2, 0.25) is 0 Å². The summed E-state index contributed by atoms with van der Waals surface area (Å²) in [6.45, 7) is 4.93. The van der Waals surface area contributed by atoms with Crippen molar-refractivity contribution >= 4 is 17.6 Å². The average molecular weight is 479 g/mol. The Morgan fingerprint density at radius 3 is 2.57 bits per heavy atom. The van der Waals surface area contributed by atoms with Crippen molar-refractivity contribution in [3.05, 3.63) is 88.7 Å². The van der Waals surface area contributed by atoms with Gasteiger partial charge in [-0.1, -0.05) is 30.3 Å². The molecule has 35 heavy (non-hydrogen) atoms. The fraction of sp³-hybridized carbons (Fsp3) is 0.357. The molecule has 2 aromatic rings. The zero-order valence-corrected chi connectivity index (χ0v) is 20.7. The first-order chi connectivity index (χ1) is 16.9. The monoisotopic (exact) mass is 478 g/mol. The van der Waals surface area contributed by atoms with E-state index in [1.165, 1.54) is 32.1 Å². The zero-order valence-electron chi connectivity index (χ0n) is 20.7. The summed E-state index contributed by atoms with van der Waals surface area (Å²) in [4.78, 5) is 9.38. The molecule has 0 amide bonds. The van der Waals surface area contributed by atoms with Gasteiger partial charge in [0.05, 0.1) is 31.2 Å². The summed E-state index contributed by atoms with van der Waals surface area (Å²) in [6.07, 6.45) is 5.94. The van der Waals surface area contributed by atoms with Crippen LogP contribution in [0.5, 0.6) is 0 Å². The second kappa shape index (κ2) is 12.9. The molecule has 0 aliphatic heterocycles. The van der Waals surface area contributed by atoms with Crippen LogP contribution in [0.4, 0.5) is 10.1 Å². The molecule has 1 saturated carbocycles. The minimum atomic E-state index is -0.388. The lowest BCUT2D eigenvalue weighted by atomic mass is 10.1. The van der Waals surface area contributed by atoms with Gasteiger partial charge < -0.3 is 20.9 Å². The van der Waals surface area contributed by atoms with Crippen molar-refractivity contribution < 1.29 is 13.9 Å². The first-order valence-electron chi connectivity index (χ1n) is 11.8. The Bertz CT molecular complexity index is 1100. The summed E-state index contributed by atoms with van der Waals surface area (Å²) in [5.74, 6) is 0.542.